The molecule has 8 heteroatoms. The summed E-state index contributed by atoms with van der Waals surface area (Å²) in [6.07, 6.45) is 1.55. The first kappa shape index (κ1) is 18.0. The summed E-state index contributed by atoms with van der Waals surface area (Å²) in [7, 11) is 1.57. The Morgan fingerprint density at radius 2 is 2.08 bits per heavy atom. The average Bonchev–Trinajstić information content (AvgIpc) is 2.66. The van der Waals surface area contributed by atoms with Gasteiger partial charge in [-0.15, -0.1) is 10.2 Å². The number of benzene rings is 1. The molecule has 0 saturated carbocycles. The van der Waals surface area contributed by atoms with E-state index in [0.717, 1.165) is 12.8 Å². The zero-order chi connectivity index (χ0) is 18.7. The van der Waals surface area contributed by atoms with Gasteiger partial charge in [-0.05, 0) is 38.8 Å². The molecule has 1 fully saturated rings. The molecule has 1 unspecified atom stereocenters. The SMILES string of the molecule is COc1ccc2nnc(C(=O)N3CCCC(C(=O)NC(C)C)C3)nc2c1. The van der Waals surface area contributed by atoms with Crippen LogP contribution in [0.4, 0.5) is 0 Å². The number of methoxy groups -OCH3 is 1. The zero-order valence-corrected chi connectivity index (χ0v) is 15.2. The number of rotatable bonds is 4. The number of carbonyl (C=O) groups is 2. The molecule has 0 spiro atoms. The van der Waals surface area contributed by atoms with Crippen molar-refractivity contribution < 1.29 is 14.3 Å². The van der Waals surface area contributed by atoms with Crippen LogP contribution in [0, 0.1) is 5.92 Å². The summed E-state index contributed by atoms with van der Waals surface area (Å²) in [6.45, 7) is 4.81. The number of hydrogen-bond donors (Lipinski definition) is 1. The molecule has 0 bridgehead atoms. The summed E-state index contributed by atoms with van der Waals surface area (Å²) in [5.41, 5.74) is 1.14. The average molecular weight is 357 g/mol. The van der Waals surface area contributed by atoms with E-state index in [1.54, 1.807) is 30.2 Å². The van der Waals surface area contributed by atoms with Crippen LogP contribution in [0.3, 0.4) is 0 Å². The van der Waals surface area contributed by atoms with Crippen molar-refractivity contribution in [2.24, 2.45) is 5.92 Å². The maximum absolute atomic E-state index is 12.8. The fraction of sp³-hybridized carbons (Fsp3) is 0.500. The van der Waals surface area contributed by atoms with Gasteiger partial charge in [0.2, 0.25) is 11.7 Å². The van der Waals surface area contributed by atoms with Crippen LogP contribution in [0.1, 0.15) is 37.3 Å². The lowest BCUT2D eigenvalue weighted by Gasteiger charge is -2.31. The minimum atomic E-state index is -0.302. The lowest BCUT2D eigenvalue weighted by atomic mass is 9.96. The van der Waals surface area contributed by atoms with Gasteiger partial charge in [-0.2, -0.15) is 0 Å². The molecule has 1 aromatic heterocycles. The van der Waals surface area contributed by atoms with Crippen molar-refractivity contribution in [1.29, 1.82) is 0 Å². The second-order valence-corrected chi connectivity index (χ2v) is 6.74. The maximum atomic E-state index is 12.8. The summed E-state index contributed by atoms with van der Waals surface area (Å²) >= 11 is 0. The molecule has 1 aromatic carbocycles. The predicted molar refractivity (Wildman–Crippen MR) is 95.8 cm³/mol. The fourth-order valence-corrected chi connectivity index (χ4v) is 3.05. The molecule has 0 radical (unpaired) electrons. The van der Waals surface area contributed by atoms with Crippen molar-refractivity contribution in [3.63, 3.8) is 0 Å². The smallest absolute Gasteiger partial charge is 0.293 e. The molecule has 3 rings (SSSR count). The highest BCUT2D eigenvalue weighted by atomic mass is 16.5. The first-order valence-electron chi connectivity index (χ1n) is 8.76. The molecule has 2 aromatic rings. The minimum absolute atomic E-state index is 0.0141. The van der Waals surface area contributed by atoms with Gasteiger partial charge in [0.25, 0.3) is 5.91 Å². The quantitative estimate of drug-likeness (QED) is 0.888. The van der Waals surface area contributed by atoms with Crippen molar-refractivity contribution in [3.05, 3.63) is 24.0 Å². The molecule has 138 valence electrons. The van der Waals surface area contributed by atoms with Crippen LogP contribution in [0.5, 0.6) is 5.75 Å². The van der Waals surface area contributed by atoms with Crippen molar-refractivity contribution in [2.75, 3.05) is 20.2 Å². The molecule has 1 aliphatic rings. The summed E-state index contributed by atoms with van der Waals surface area (Å²) in [4.78, 5) is 31.0. The minimum Gasteiger partial charge on any atom is -0.497 e. The Balaban J connectivity index is 1.77. The van der Waals surface area contributed by atoms with Gasteiger partial charge < -0.3 is 15.0 Å². The van der Waals surface area contributed by atoms with E-state index in [-0.39, 0.29) is 29.6 Å². The number of nitrogens with one attached hydrogen (secondary N) is 1. The van der Waals surface area contributed by atoms with E-state index >= 15 is 0 Å². The van der Waals surface area contributed by atoms with E-state index in [1.165, 1.54) is 0 Å². The molecule has 1 atom stereocenters. The Morgan fingerprint density at radius 3 is 2.81 bits per heavy atom. The van der Waals surface area contributed by atoms with Crippen LogP contribution in [0.2, 0.25) is 0 Å². The first-order chi connectivity index (χ1) is 12.5. The highest BCUT2D eigenvalue weighted by Gasteiger charge is 2.30. The fourth-order valence-electron chi connectivity index (χ4n) is 3.05. The van der Waals surface area contributed by atoms with Crippen LogP contribution in [0.25, 0.3) is 11.0 Å². The standard InChI is InChI=1S/C18H23N5O3/c1-11(2)19-17(24)12-5-4-8-23(10-12)18(25)16-20-15-9-13(26-3)6-7-14(15)21-22-16/h6-7,9,11-12H,4-5,8,10H2,1-3H3,(H,19,24). The van der Waals surface area contributed by atoms with Gasteiger partial charge in [0.15, 0.2) is 0 Å². The molecular formula is C18H23N5O3. The Kier molecular flexibility index (Phi) is 5.29. The highest BCUT2D eigenvalue weighted by molar-refractivity contribution is 5.92. The van der Waals surface area contributed by atoms with Gasteiger partial charge in [0, 0.05) is 25.2 Å². The molecule has 2 heterocycles. The third kappa shape index (κ3) is 3.89. The second kappa shape index (κ2) is 7.63. The summed E-state index contributed by atoms with van der Waals surface area (Å²) in [5, 5.41) is 10.9. The van der Waals surface area contributed by atoms with E-state index in [4.69, 9.17) is 4.74 Å². The monoisotopic (exact) mass is 357 g/mol. The Morgan fingerprint density at radius 1 is 1.27 bits per heavy atom. The van der Waals surface area contributed by atoms with Crippen LogP contribution < -0.4 is 10.1 Å². The molecule has 8 nitrogen and oxygen atoms in total. The number of fused-ring (bicyclic) bond motifs is 1. The molecule has 1 N–H and O–H groups in total. The lowest BCUT2D eigenvalue weighted by Crippen LogP contribution is -2.47. The summed E-state index contributed by atoms with van der Waals surface area (Å²) in [5.74, 6) is 0.156. The molecule has 1 saturated heterocycles. The third-order valence-corrected chi connectivity index (χ3v) is 4.36. The van der Waals surface area contributed by atoms with E-state index < -0.39 is 0 Å². The van der Waals surface area contributed by atoms with Crippen LogP contribution in [-0.4, -0.2) is 58.1 Å². The van der Waals surface area contributed by atoms with Gasteiger partial charge in [-0.25, -0.2) is 4.98 Å². The van der Waals surface area contributed by atoms with Crippen LogP contribution >= 0.6 is 0 Å². The van der Waals surface area contributed by atoms with Gasteiger partial charge in [0.1, 0.15) is 11.3 Å². The van der Waals surface area contributed by atoms with Crippen molar-refractivity contribution >= 4 is 22.8 Å². The number of hydrogen-bond acceptors (Lipinski definition) is 6. The van der Waals surface area contributed by atoms with E-state index in [1.807, 2.05) is 13.8 Å². The second-order valence-electron chi connectivity index (χ2n) is 6.74. The van der Waals surface area contributed by atoms with Gasteiger partial charge in [-0.1, -0.05) is 0 Å². The Labute approximate surface area is 151 Å². The zero-order valence-electron chi connectivity index (χ0n) is 15.2. The van der Waals surface area contributed by atoms with Gasteiger partial charge >= 0.3 is 0 Å². The normalized spacial score (nSPS) is 17.4. The first-order valence-corrected chi connectivity index (χ1v) is 8.76. The topological polar surface area (TPSA) is 97.3 Å². The summed E-state index contributed by atoms with van der Waals surface area (Å²) in [6, 6.07) is 5.31. The van der Waals surface area contributed by atoms with E-state index in [9.17, 15) is 9.59 Å². The number of aromatic nitrogens is 3. The lowest BCUT2D eigenvalue weighted by molar-refractivity contribution is -0.126. The molecule has 2 amide bonds. The summed E-state index contributed by atoms with van der Waals surface area (Å²) < 4.78 is 5.18. The largest absolute Gasteiger partial charge is 0.497 e. The third-order valence-electron chi connectivity index (χ3n) is 4.36. The molecular weight excluding hydrogens is 334 g/mol. The highest BCUT2D eigenvalue weighted by Crippen LogP contribution is 2.20. The number of likely N-dealkylation sites (tertiary alicyclic amines) is 1. The van der Waals surface area contributed by atoms with Crippen molar-refractivity contribution in [3.8, 4) is 5.75 Å². The maximum Gasteiger partial charge on any atom is 0.293 e. The van der Waals surface area contributed by atoms with Crippen molar-refractivity contribution in [1.82, 2.24) is 25.4 Å². The number of amides is 2. The van der Waals surface area contributed by atoms with Gasteiger partial charge in [0.05, 0.1) is 18.5 Å². The molecule has 1 aliphatic heterocycles. The van der Waals surface area contributed by atoms with Crippen LogP contribution in [0.15, 0.2) is 18.2 Å². The number of carbonyl (C=O) groups excluding carboxylic acids is 2. The van der Waals surface area contributed by atoms with E-state index in [0.29, 0.717) is 29.9 Å². The van der Waals surface area contributed by atoms with E-state index in [2.05, 4.69) is 20.5 Å². The molecule has 0 aliphatic carbocycles. The van der Waals surface area contributed by atoms with Crippen molar-refractivity contribution in [2.45, 2.75) is 32.7 Å². The number of nitrogens with zero attached hydrogens (tertiary/aromatic N) is 4. The predicted octanol–water partition coefficient (Wildman–Crippen LogP) is 1.41. The number of piperidine rings is 1. The molecule has 26 heavy (non-hydrogen) atoms. The van der Waals surface area contributed by atoms with Gasteiger partial charge in [-0.3, -0.25) is 9.59 Å². The Bertz CT molecular complexity index is 824. The van der Waals surface area contributed by atoms with Crippen LogP contribution in [-0.2, 0) is 4.79 Å². The Hall–Kier alpha value is -2.77. The number of ether oxygens (including phenoxy) is 1.